The molecule has 1 aliphatic rings. The number of aryl methyl sites for hydroxylation is 1. The highest BCUT2D eigenvalue weighted by Gasteiger charge is 2.17. The van der Waals surface area contributed by atoms with Crippen LogP contribution < -0.4 is 10.6 Å². The number of aromatic nitrogens is 1. The first kappa shape index (κ1) is 22.6. The molecule has 1 aliphatic heterocycles. The molecule has 1 atom stereocenters. The number of oxazole rings is 1. The molecule has 2 heterocycles. The van der Waals surface area contributed by atoms with Gasteiger partial charge in [-0.15, -0.1) is 24.0 Å². The summed E-state index contributed by atoms with van der Waals surface area (Å²) >= 11 is 0. The number of benzene rings is 1. The Morgan fingerprint density at radius 3 is 2.79 bits per heavy atom. The fourth-order valence-electron chi connectivity index (χ4n) is 2.91. The predicted molar refractivity (Wildman–Crippen MR) is 122 cm³/mol. The highest BCUT2D eigenvalue weighted by Crippen LogP contribution is 2.19. The fraction of sp³-hybridized carbons (Fsp3) is 0.500. The van der Waals surface area contributed by atoms with Crippen LogP contribution >= 0.6 is 24.0 Å². The molecular weight excluding hydrogens is 469 g/mol. The number of halogens is 1. The molecule has 1 unspecified atom stereocenters. The molecule has 0 bridgehead atoms. The molecule has 1 saturated heterocycles. The van der Waals surface area contributed by atoms with Crippen LogP contribution in [0.1, 0.15) is 18.2 Å². The number of morpholine rings is 1. The Morgan fingerprint density at radius 2 is 2.07 bits per heavy atom. The van der Waals surface area contributed by atoms with E-state index in [1.54, 1.807) is 6.26 Å². The molecule has 0 amide bonds. The van der Waals surface area contributed by atoms with Gasteiger partial charge in [0.25, 0.3) is 0 Å². The van der Waals surface area contributed by atoms with Crippen LogP contribution in [0.2, 0.25) is 0 Å². The Balaban J connectivity index is 0.00000280. The van der Waals surface area contributed by atoms with Gasteiger partial charge in [-0.25, -0.2) is 9.98 Å². The third-order valence-electron chi connectivity index (χ3n) is 4.43. The smallest absolute Gasteiger partial charge is 0.226 e. The lowest BCUT2D eigenvalue weighted by Crippen LogP contribution is -2.48. The summed E-state index contributed by atoms with van der Waals surface area (Å²) in [4.78, 5) is 11.4. The second-order valence-corrected chi connectivity index (χ2v) is 6.84. The molecule has 7 nitrogen and oxygen atoms in total. The molecule has 0 radical (unpaired) electrons. The predicted octanol–water partition coefficient (Wildman–Crippen LogP) is 2.65. The van der Waals surface area contributed by atoms with Crippen molar-refractivity contribution in [1.29, 1.82) is 0 Å². The Labute approximate surface area is 184 Å². The number of likely N-dealkylation sites (N-methyl/N-ethyl adjacent to an activating group) is 1. The zero-order chi connectivity index (χ0) is 19.1. The topological polar surface area (TPSA) is 74.9 Å². The first-order valence-electron chi connectivity index (χ1n) is 9.48. The molecule has 28 heavy (non-hydrogen) atoms. The van der Waals surface area contributed by atoms with Gasteiger partial charge >= 0.3 is 0 Å². The maximum Gasteiger partial charge on any atom is 0.226 e. The number of hydrogen-bond acceptors (Lipinski definition) is 5. The average molecular weight is 499 g/mol. The van der Waals surface area contributed by atoms with Gasteiger partial charge in [0.1, 0.15) is 12.0 Å². The average Bonchev–Trinajstić information content (AvgIpc) is 3.14. The minimum atomic E-state index is 0. The second-order valence-electron chi connectivity index (χ2n) is 6.84. The largest absolute Gasteiger partial charge is 0.444 e. The van der Waals surface area contributed by atoms with Gasteiger partial charge in [-0.05, 0) is 33.0 Å². The summed E-state index contributed by atoms with van der Waals surface area (Å²) in [5, 5.41) is 6.61. The van der Waals surface area contributed by atoms with Gasteiger partial charge in [0.2, 0.25) is 5.89 Å². The maximum absolute atomic E-state index is 5.79. The molecule has 0 saturated carbocycles. The monoisotopic (exact) mass is 499 g/mol. The van der Waals surface area contributed by atoms with E-state index in [1.807, 2.05) is 19.1 Å². The molecule has 1 fully saturated rings. The summed E-state index contributed by atoms with van der Waals surface area (Å²) in [6, 6.07) is 8.13. The third-order valence-corrected chi connectivity index (χ3v) is 4.43. The molecular formula is C20H30IN5O2. The number of ether oxygens (including phenoxy) is 1. The molecule has 8 heteroatoms. The molecule has 154 valence electrons. The highest BCUT2D eigenvalue weighted by atomic mass is 127. The van der Waals surface area contributed by atoms with Crippen LogP contribution in [0, 0.1) is 6.92 Å². The van der Waals surface area contributed by atoms with Crippen LogP contribution in [-0.2, 0) is 11.3 Å². The first-order valence-corrected chi connectivity index (χ1v) is 9.48. The Morgan fingerprint density at radius 1 is 1.29 bits per heavy atom. The number of hydrogen-bond donors (Lipinski definition) is 2. The Hall–Kier alpha value is -1.65. The first-order chi connectivity index (χ1) is 13.1. The third kappa shape index (κ3) is 6.75. The van der Waals surface area contributed by atoms with Crippen LogP contribution in [0.4, 0.5) is 0 Å². The summed E-state index contributed by atoms with van der Waals surface area (Å²) in [5.41, 5.74) is 2.99. The van der Waals surface area contributed by atoms with Crippen molar-refractivity contribution in [1.82, 2.24) is 20.5 Å². The highest BCUT2D eigenvalue weighted by molar-refractivity contribution is 14.0. The minimum absolute atomic E-state index is 0. The van der Waals surface area contributed by atoms with Crippen LogP contribution in [0.3, 0.4) is 0 Å². The molecule has 1 aromatic heterocycles. The quantitative estimate of drug-likeness (QED) is 0.362. The lowest BCUT2D eigenvalue weighted by molar-refractivity contribution is -0.0161. The van der Waals surface area contributed by atoms with Gasteiger partial charge in [0.15, 0.2) is 5.96 Å². The summed E-state index contributed by atoms with van der Waals surface area (Å²) in [6.07, 6.45) is 1.84. The van der Waals surface area contributed by atoms with Crippen molar-refractivity contribution in [3.63, 3.8) is 0 Å². The molecule has 0 spiro atoms. The van der Waals surface area contributed by atoms with Crippen molar-refractivity contribution < 1.29 is 9.15 Å². The summed E-state index contributed by atoms with van der Waals surface area (Å²) in [7, 11) is 2.12. The van der Waals surface area contributed by atoms with Gasteiger partial charge in [-0.3, -0.25) is 0 Å². The second kappa shape index (κ2) is 11.4. The van der Waals surface area contributed by atoms with E-state index in [9.17, 15) is 0 Å². The molecule has 3 rings (SSSR count). The van der Waals surface area contributed by atoms with E-state index in [4.69, 9.17) is 9.15 Å². The van der Waals surface area contributed by atoms with Crippen molar-refractivity contribution >= 4 is 29.9 Å². The SMILES string of the molecule is CCNC(=NCc1coc(-c2ccc(C)cc2)n1)NCC1CN(C)CCO1.I. The number of rotatable bonds is 6. The van der Waals surface area contributed by atoms with Crippen molar-refractivity contribution in [2.45, 2.75) is 26.5 Å². The van der Waals surface area contributed by atoms with Crippen molar-refractivity contribution in [3.8, 4) is 11.5 Å². The van der Waals surface area contributed by atoms with Crippen LogP contribution in [0.25, 0.3) is 11.5 Å². The van der Waals surface area contributed by atoms with E-state index in [2.05, 4.69) is 51.6 Å². The standard InChI is InChI=1S/C20H29N5O2.HI/c1-4-21-20(23-12-18-13-25(3)9-10-26-18)22-11-17-14-27-19(24-17)16-7-5-15(2)6-8-16;/h5-8,14,18H,4,9-13H2,1-3H3,(H2,21,22,23);1H. The lowest BCUT2D eigenvalue weighted by atomic mass is 10.1. The van der Waals surface area contributed by atoms with E-state index in [0.717, 1.165) is 50.0 Å². The van der Waals surface area contributed by atoms with E-state index in [0.29, 0.717) is 12.4 Å². The zero-order valence-electron chi connectivity index (χ0n) is 16.8. The summed E-state index contributed by atoms with van der Waals surface area (Å²) in [5.74, 6) is 1.38. The van der Waals surface area contributed by atoms with Gasteiger partial charge in [-0.1, -0.05) is 17.7 Å². The Bertz CT molecular complexity index is 747. The zero-order valence-corrected chi connectivity index (χ0v) is 19.1. The van der Waals surface area contributed by atoms with Gasteiger partial charge in [0.05, 0.1) is 19.3 Å². The van der Waals surface area contributed by atoms with E-state index in [1.165, 1.54) is 5.56 Å². The van der Waals surface area contributed by atoms with E-state index >= 15 is 0 Å². The van der Waals surface area contributed by atoms with Crippen LogP contribution in [0.15, 0.2) is 39.9 Å². The molecule has 2 aromatic rings. The molecule has 2 N–H and O–H groups in total. The number of guanidine groups is 1. The van der Waals surface area contributed by atoms with Gasteiger partial charge < -0.3 is 24.7 Å². The van der Waals surface area contributed by atoms with Gasteiger partial charge in [-0.2, -0.15) is 0 Å². The fourth-order valence-corrected chi connectivity index (χ4v) is 2.91. The molecule has 0 aliphatic carbocycles. The van der Waals surface area contributed by atoms with Crippen molar-refractivity contribution in [2.24, 2.45) is 4.99 Å². The van der Waals surface area contributed by atoms with Crippen LogP contribution in [0.5, 0.6) is 0 Å². The minimum Gasteiger partial charge on any atom is -0.444 e. The number of nitrogens with one attached hydrogen (secondary N) is 2. The van der Waals surface area contributed by atoms with Crippen molar-refractivity contribution in [2.75, 3.05) is 39.8 Å². The number of nitrogens with zero attached hydrogens (tertiary/aromatic N) is 3. The van der Waals surface area contributed by atoms with Gasteiger partial charge in [0, 0.05) is 31.7 Å². The van der Waals surface area contributed by atoms with Crippen LogP contribution in [-0.4, -0.2) is 61.8 Å². The maximum atomic E-state index is 5.79. The number of aliphatic imine (C=N–C) groups is 1. The van der Waals surface area contributed by atoms with Crippen molar-refractivity contribution in [3.05, 3.63) is 41.8 Å². The summed E-state index contributed by atoms with van der Waals surface area (Å²) in [6.45, 7) is 8.77. The lowest BCUT2D eigenvalue weighted by Gasteiger charge is -2.30. The van der Waals surface area contributed by atoms with E-state index in [-0.39, 0.29) is 30.1 Å². The normalized spacial score (nSPS) is 17.8. The summed E-state index contributed by atoms with van der Waals surface area (Å²) < 4.78 is 11.4. The molecule has 1 aromatic carbocycles. The Kier molecular flexibility index (Phi) is 9.20. The van der Waals surface area contributed by atoms with E-state index < -0.39 is 0 Å².